The molecule has 0 bridgehead atoms. The Hall–Kier alpha value is -1.89. The first-order chi connectivity index (χ1) is 11.9. The van der Waals surface area contributed by atoms with E-state index in [4.69, 9.17) is 23.2 Å². The smallest absolute Gasteiger partial charge is 0.262 e. The molecule has 0 unspecified atom stereocenters. The Morgan fingerprint density at radius 1 is 1.36 bits per heavy atom. The van der Waals surface area contributed by atoms with Crippen LogP contribution >= 0.6 is 34.5 Å². The molecule has 3 aromatic rings. The number of benzene rings is 1. The Bertz CT molecular complexity index is 1010. The number of rotatable bonds is 4. The van der Waals surface area contributed by atoms with Crippen molar-refractivity contribution in [2.45, 2.75) is 26.3 Å². The monoisotopic (exact) mass is 395 g/mol. The minimum atomic E-state index is -0.746. The fourth-order valence-electron chi connectivity index (χ4n) is 2.39. The summed E-state index contributed by atoms with van der Waals surface area (Å²) in [5.74, 6) is -0.377. The minimum Gasteiger partial charge on any atom is -0.323 e. The van der Waals surface area contributed by atoms with Crippen molar-refractivity contribution in [2.75, 3.05) is 5.32 Å². The van der Waals surface area contributed by atoms with E-state index in [-0.39, 0.29) is 11.5 Å². The van der Waals surface area contributed by atoms with Gasteiger partial charge in [-0.2, -0.15) is 0 Å². The standard InChI is InChI=1S/C17H15Cl2N3O2S/c1-3-11-7-12-16(25-11)20-8-22(17(12)24)9(2)15(23)21-14-6-10(18)4-5-13(14)19/h4-9H,3H2,1-2H3,(H,21,23)/t9-/m1/s1. The zero-order chi connectivity index (χ0) is 18.1. The zero-order valence-corrected chi connectivity index (χ0v) is 15.9. The molecule has 3 rings (SSSR count). The highest BCUT2D eigenvalue weighted by molar-refractivity contribution is 7.18. The topological polar surface area (TPSA) is 64.0 Å². The summed E-state index contributed by atoms with van der Waals surface area (Å²) in [6.45, 7) is 3.66. The van der Waals surface area contributed by atoms with E-state index in [2.05, 4.69) is 10.3 Å². The average molecular weight is 396 g/mol. The van der Waals surface area contributed by atoms with Crippen LogP contribution in [0.1, 0.15) is 24.8 Å². The van der Waals surface area contributed by atoms with Crippen LogP contribution in [-0.2, 0) is 11.2 Å². The van der Waals surface area contributed by atoms with E-state index < -0.39 is 6.04 Å². The first-order valence-electron chi connectivity index (χ1n) is 7.66. The molecule has 1 aromatic carbocycles. The van der Waals surface area contributed by atoms with E-state index >= 15 is 0 Å². The van der Waals surface area contributed by atoms with Crippen molar-refractivity contribution in [3.63, 3.8) is 0 Å². The third kappa shape index (κ3) is 3.56. The lowest BCUT2D eigenvalue weighted by Crippen LogP contribution is -2.31. The van der Waals surface area contributed by atoms with Crippen LogP contribution in [0.4, 0.5) is 5.69 Å². The Morgan fingerprint density at radius 3 is 2.84 bits per heavy atom. The lowest BCUT2D eigenvalue weighted by Gasteiger charge is -2.15. The summed E-state index contributed by atoms with van der Waals surface area (Å²) in [5.41, 5.74) is 0.165. The van der Waals surface area contributed by atoms with Crippen LogP contribution in [0.25, 0.3) is 10.2 Å². The van der Waals surface area contributed by atoms with Crippen molar-refractivity contribution >= 4 is 56.3 Å². The number of amides is 1. The Labute approximate surface area is 158 Å². The van der Waals surface area contributed by atoms with E-state index in [9.17, 15) is 9.59 Å². The molecule has 5 nitrogen and oxygen atoms in total. The van der Waals surface area contributed by atoms with Gasteiger partial charge in [-0.1, -0.05) is 30.1 Å². The maximum absolute atomic E-state index is 12.7. The summed E-state index contributed by atoms with van der Waals surface area (Å²) >= 11 is 13.5. The maximum atomic E-state index is 12.7. The van der Waals surface area contributed by atoms with Crippen LogP contribution in [-0.4, -0.2) is 15.5 Å². The van der Waals surface area contributed by atoms with Crippen LogP contribution in [0.15, 0.2) is 35.4 Å². The number of nitrogens with one attached hydrogen (secondary N) is 1. The zero-order valence-electron chi connectivity index (χ0n) is 13.5. The number of carbonyl (C=O) groups excluding carboxylic acids is 1. The van der Waals surface area contributed by atoms with Crippen LogP contribution in [0.3, 0.4) is 0 Å². The molecule has 0 aliphatic carbocycles. The highest BCUT2D eigenvalue weighted by Crippen LogP contribution is 2.26. The second kappa shape index (κ2) is 7.15. The number of hydrogen-bond acceptors (Lipinski definition) is 4. The van der Waals surface area contributed by atoms with Crippen LogP contribution < -0.4 is 10.9 Å². The molecule has 2 heterocycles. The number of nitrogens with zero attached hydrogens (tertiary/aromatic N) is 2. The number of carbonyl (C=O) groups is 1. The van der Waals surface area contributed by atoms with Gasteiger partial charge in [0.2, 0.25) is 5.91 Å². The van der Waals surface area contributed by atoms with E-state index in [0.717, 1.165) is 11.3 Å². The summed E-state index contributed by atoms with van der Waals surface area (Å²) in [5, 5.41) is 4.06. The maximum Gasteiger partial charge on any atom is 0.262 e. The molecule has 1 amide bonds. The molecular weight excluding hydrogens is 381 g/mol. The Morgan fingerprint density at radius 2 is 2.12 bits per heavy atom. The van der Waals surface area contributed by atoms with Gasteiger partial charge < -0.3 is 5.32 Å². The average Bonchev–Trinajstić information content (AvgIpc) is 3.02. The quantitative estimate of drug-likeness (QED) is 0.705. The molecule has 130 valence electrons. The first-order valence-corrected chi connectivity index (χ1v) is 9.23. The molecule has 0 saturated heterocycles. The molecule has 2 aromatic heterocycles. The van der Waals surface area contributed by atoms with Crippen LogP contribution in [0.5, 0.6) is 0 Å². The number of anilines is 1. The molecule has 1 N–H and O–H groups in total. The minimum absolute atomic E-state index is 0.235. The third-order valence-electron chi connectivity index (χ3n) is 3.86. The molecular formula is C17H15Cl2N3O2S. The third-order valence-corrected chi connectivity index (χ3v) is 5.61. The summed E-state index contributed by atoms with van der Waals surface area (Å²) < 4.78 is 1.32. The van der Waals surface area contributed by atoms with Gasteiger partial charge in [0.1, 0.15) is 10.9 Å². The SMILES string of the molecule is CCc1cc2c(=O)n([C@H](C)C(=O)Nc3cc(Cl)ccc3Cl)cnc2s1. The molecule has 8 heteroatoms. The van der Waals surface area contributed by atoms with E-state index in [1.807, 2.05) is 13.0 Å². The van der Waals surface area contributed by atoms with Gasteiger partial charge in [0.25, 0.3) is 5.56 Å². The fraction of sp³-hybridized carbons (Fsp3) is 0.235. The van der Waals surface area contributed by atoms with E-state index in [1.165, 1.54) is 22.2 Å². The van der Waals surface area contributed by atoms with Crippen LogP contribution in [0, 0.1) is 0 Å². The van der Waals surface area contributed by atoms with Crippen molar-refractivity contribution < 1.29 is 4.79 Å². The van der Waals surface area contributed by atoms with Gasteiger partial charge in [0.05, 0.1) is 22.4 Å². The summed E-state index contributed by atoms with van der Waals surface area (Å²) in [6, 6.07) is 5.88. The Kier molecular flexibility index (Phi) is 5.13. The lowest BCUT2D eigenvalue weighted by atomic mass is 10.2. The predicted octanol–water partition coefficient (Wildman–Crippen LogP) is 4.53. The second-order valence-electron chi connectivity index (χ2n) is 5.53. The van der Waals surface area contributed by atoms with Crippen molar-refractivity contribution in [2.24, 2.45) is 0 Å². The highest BCUT2D eigenvalue weighted by atomic mass is 35.5. The molecule has 0 spiro atoms. The van der Waals surface area contributed by atoms with Crippen molar-refractivity contribution in [1.82, 2.24) is 9.55 Å². The summed E-state index contributed by atoms with van der Waals surface area (Å²) in [4.78, 5) is 31.3. The largest absolute Gasteiger partial charge is 0.323 e. The highest BCUT2D eigenvalue weighted by Gasteiger charge is 2.19. The van der Waals surface area contributed by atoms with Crippen molar-refractivity contribution in [3.05, 3.63) is 55.9 Å². The van der Waals surface area contributed by atoms with Crippen LogP contribution in [0.2, 0.25) is 10.0 Å². The summed E-state index contributed by atoms with van der Waals surface area (Å²) in [6.07, 6.45) is 2.24. The van der Waals surface area contributed by atoms with Crippen molar-refractivity contribution in [3.8, 4) is 0 Å². The Balaban J connectivity index is 1.92. The first kappa shape index (κ1) is 17.9. The normalized spacial score (nSPS) is 12.3. The molecule has 0 radical (unpaired) electrons. The van der Waals surface area contributed by atoms with Gasteiger partial charge in [0, 0.05) is 9.90 Å². The number of fused-ring (bicyclic) bond motifs is 1. The van der Waals surface area contributed by atoms with E-state index in [0.29, 0.717) is 25.9 Å². The fourth-order valence-corrected chi connectivity index (χ4v) is 3.66. The molecule has 0 aliphatic rings. The molecule has 0 aliphatic heterocycles. The van der Waals surface area contributed by atoms with Gasteiger partial charge in [-0.25, -0.2) is 4.98 Å². The van der Waals surface area contributed by atoms with Gasteiger partial charge in [-0.3, -0.25) is 14.2 Å². The molecule has 25 heavy (non-hydrogen) atoms. The van der Waals surface area contributed by atoms with Gasteiger partial charge in [0.15, 0.2) is 0 Å². The van der Waals surface area contributed by atoms with Gasteiger partial charge >= 0.3 is 0 Å². The number of aromatic nitrogens is 2. The summed E-state index contributed by atoms with van der Waals surface area (Å²) in [7, 11) is 0. The van der Waals surface area contributed by atoms with Crippen molar-refractivity contribution in [1.29, 1.82) is 0 Å². The number of aryl methyl sites for hydroxylation is 1. The predicted molar refractivity (Wildman–Crippen MR) is 103 cm³/mol. The number of halogens is 2. The molecule has 0 saturated carbocycles. The van der Waals surface area contributed by atoms with Gasteiger partial charge in [-0.15, -0.1) is 11.3 Å². The molecule has 0 fully saturated rings. The van der Waals surface area contributed by atoms with Gasteiger partial charge in [-0.05, 0) is 37.6 Å². The lowest BCUT2D eigenvalue weighted by molar-refractivity contribution is -0.118. The van der Waals surface area contributed by atoms with E-state index in [1.54, 1.807) is 25.1 Å². The number of hydrogen-bond donors (Lipinski definition) is 1. The second-order valence-corrected chi connectivity index (χ2v) is 7.49. The number of thiophene rings is 1. The molecule has 1 atom stereocenters.